The van der Waals surface area contributed by atoms with Crippen LogP contribution in [0.15, 0.2) is 52.2 Å². The third kappa shape index (κ3) is 4.52. The second kappa shape index (κ2) is 9.72. The first-order valence-electron chi connectivity index (χ1n) is 11.1. The second-order valence-electron chi connectivity index (χ2n) is 7.81. The number of benzene rings is 1. The Morgan fingerprint density at radius 2 is 1.85 bits per heavy atom. The lowest BCUT2D eigenvalue weighted by atomic mass is 10.2. The number of aromatic nitrogens is 5. The molecule has 0 amide bonds. The molecule has 33 heavy (non-hydrogen) atoms. The van der Waals surface area contributed by atoms with Gasteiger partial charge in [0.1, 0.15) is 22.9 Å². The molecule has 9 heteroatoms. The van der Waals surface area contributed by atoms with Gasteiger partial charge in [-0.2, -0.15) is 0 Å². The fourth-order valence-corrected chi connectivity index (χ4v) is 3.76. The molecule has 0 atom stereocenters. The van der Waals surface area contributed by atoms with Crippen LogP contribution in [-0.4, -0.2) is 31.2 Å². The van der Waals surface area contributed by atoms with Crippen molar-refractivity contribution in [2.24, 2.45) is 0 Å². The molecule has 0 aliphatic heterocycles. The van der Waals surface area contributed by atoms with Gasteiger partial charge in [-0.15, -0.1) is 0 Å². The number of methoxy groups -OCH3 is 1. The Morgan fingerprint density at radius 1 is 1.06 bits per heavy atom. The van der Waals surface area contributed by atoms with E-state index in [2.05, 4.69) is 20.3 Å². The summed E-state index contributed by atoms with van der Waals surface area (Å²) in [5.74, 6) is 2.03. The Labute approximate surface area is 191 Å². The topological polar surface area (TPSA) is 107 Å². The van der Waals surface area contributed by atoms with E-state index >= 15 is 0 Å². The van der Waals surface area contributed by atoms with Crippen molar-refractivity contribution in [3.05, 3.63) is 69.0 Å². The number of H-pyrrole nitrogens is 1. The Hall–Kier alpha value is -3.88. The van der Waals surface area contributed by atoms with Crippen LogP contribution in [0.3, 0.4) is 0 Å². The molecule has 0 saturated heterocycles. The summed E-state index contributed by atoms with van der Waals surface area (Å²) in [6.07, 6.45) is 3.15. The van der Waals surface area contributed by atoms with Gasteiger partial charge in [0.25, 0.3) is 5.56 Å². The number of fused-ring (bicyclic) bond motifs is 1. The minimum atomic E-state index is -0.340. The zero-order valence-electron chi connectivity index (χ0n) is 19.1. The van der Waals surface area contributed by atoms with E-state index in [4.69, 9.17) is 4.74 Å². The fourth-order valence-electron chi connectivity index (χ4n) is 3.76. The van der Waals surface area contributed by atoms with Crippen LogP contribution in [0.5, 0.6) is 5.75 Å². The number of rotatable bonds is 9. The number of aromatic amines is 1. The molecule has 2 N–H and O–H groups in total. The first-order valence-corrected chi connectivity index (χ1v) is 11.1. The molecule has 3 aromatic heterocycles. The van der Waals surface area contributed by atoms with Crippen molar-refractivity contribution in [3.8, 4) is 17.1 Å². The number of hydrogen-bond donors (Lipinski definition) is 2. The minimum Gasteiger partial charge on any atom is -0.497 e. The summed E-state index contributed by atoms with van der Waals surface area (Å²) in [5, 5.41) is 3.29. The largest absolute Gasteiger partial charge is 0.497 e. The highest BCUT2D eigenvalue weighted by Crippen LogP contribution is 2.20. The van der Waals surface area contributed by atoms with Crippen molar-refractivity contribution < 1.29 is 4.74 Å². The van der Waals surface area contributed by atoms with E-state index in [9.17, 15) is 9.59 Å². The van der Waals surface area contributed by atoms with Crippen LogP contribution in [0, 0.1) is 0 Å². The van der Waals surface area contributed by atoms with Crippen molar-refractivity contribution in [2.45, 2.75) is 46.3 Å². The maximum absolute atomic E-state index is 12.9. The zero-order valence-corrected chi connectivity index (χ0v) is 19.1. The summed E-state index contributed by atoms with van der Waals surface area (Å²) in [4.78, 5) is 37.9. The summed E-state index contributed by atoms with van der Waals surface area (Å²) < 4.78 is 8.11. The standard InChI is InChI=1S/C24H28N6O3/c1-4-11-29-22-20(23(31)30(12-5-2)24(29)32)27-21(28-22)17-9-10-19(26-15-17)25-14-16-7-6-8-18(13-16)33-3/h6-10,13,15H,4-5,11-12,14H2,1-3H3,(H,25,26)(H,27,28). The molecule has 0 radical (unpaired) electrons. The molecule has 1 aromatic carbocycles. The van der Waals surface area contributed by atoms with Crippen LogP contribution in [0.25, 0.3) is 22.6 Å². The van der Waals surface area contributed by atoms with Gasteiger partial charge in [0.2, 0.25) is 0 Å². The summed E-state index contributed by atoms with van der Waals surface area (Å²) in [7, 11) is 1.64. The van der Waals surface area contributed by atoms with Crippen molar-refractivity contribution in [3.63, 3.8) is 0 Å². The van der Waals surface area contributed by atoms with Crippen LogP contribution < -0.4 is 21.3 Å². The number of nitrogens with one attached hydrogen (secondary N) is 2. The number of pyridine rings is 1. The van der Waals surface area contributed by atoms with Crippen LogP contribution >= 0.6 is 0 Å². The fraction of sp³-hybridized carbons (Fsp3) is 0.333. The molecule has 9 nitrogen and oxygen atoms in total. The molecule has 172 valence electrons. The van der Waals surface area contributed by atoms with Crippen LogP contribution in [0.4, 0.5) is 5.82 Å². The number of nitrogens with zero attached hydrogens (tertiary/aromatic N) is 4. The van der Waals surface area contributed by atoms with Gasteiger partial charge in [-0.3, -0.25) is 13.9 Å². The van der Waals surface area contributed by atoms with E-state index in [-0.39, 0.29) is 11.2 Å². The highest BCUT2D eigenvalue weighted by Gasteiger charge is 2.17. The molecule has 0 saturated carbocycles. The van der Waals surface area contributed by atoms with E-state index in [1.165, 1.54) is 4.57 Å². The van der Waals surface area contributed by atoms with E-state index < -0.39 is 0 Å². The summed E-state index contributed by atoms with van der Waals surface area (Å²) in [5.41, 5.74) is 1.88. The van der Waals surface area contributed by atoms with Gasteiger partial charge in [0.05, 0.1) is 7.11 Å². The lowest BCUT2D eigenvalue weighted by Crippen LogP contribution is -2.40. The Balaban J connectivity index is 1.62. The second-order valence-corrected chi connectivity index (χ2v) is 7.81. The Kier molecular flexibility index (Phi) is 6.58. The molecule has 0 unspecified atom stereocenters. The van der Waals surface area contributed by atoms with Gasteiger partial charge < -0.3 is 15.0 Å². The Bertz CT molecular complexity index is 1370. The smallest absolute Gasteiger partial charge is 0.332 e. The number of aryl methyl sites for hydroxylation is 1. The van der Waals surface area contributed by atoms with Gasteiger partial charge >= 0.3 is 5.69 Å². The molecular formula is C24H28N6O3. The highest BCUT2D eigenvalue weighted by atomic mass is 16.5. The van der Waals surface area contributed by atoms with Gasteiger partial charge in [0, 0.05) is 31.4 Å². The van der Waals surface area contributed by atoms with Crippen LogP contribution in [0.2, 0.25) is 0 Å². The lowest BCUT2D eigenvalue weighted by molar-refractivity contribution is 0.414. The zero-order chi connectivity index (χ0) is 23.4. The Morgan fingerprint density at radius 3 is 2.55 bits per heavy atom. The maximum Gasteiger partial charge on any atom is 0.332 e. The van der Waals surface area contributed by atoms with E-state index in [1.54, 1.807) is 17.9 Å². The SMILES string of the molecule is CCCn1c(=O)c2[nH]c(-c3ccc(NCc4cccc(OC)c4)nc3)nc2n(CCC)c1=O. The average molecular weight is 449 g/mol. The van der Waals surface area contributed by atoms with Gasteiger partial charge in [-0.1, -0.05) is 26.0 Å². The monoisotopic (exact) mass is 448 g/mol. The molecule has 0 bridgehead atoms. The van der Waals surface area contributed by atoms with Gasteiger partial charge in [0.15, 0.2) is 5.65 Å². The van der Waals surface area contributed by atoms with E-state index in [0.29, 0.717) is 48.9 Å². The van der Waals surface area contributed by atoms with Crippen molar-refractivity contribution >= 4 is 17.0 Å². The highest BCUT2D eigenvalue weighted by molar-refractivity contribution is 5.75. The third-order valence-corrected chi connectivity index (χ3v) is 5.40. The quantitative estimate of drug-likeness (QED) is 0.406. The number of anilines is 1. The predicted molar refractivity (Wildman–Crippen MR) is 129 cm³/mol. The van der Waals surface area contributed by atoms with Gasteiger partial charge in [-0.25, -0.2) is 14.8 Å². The van der Waals surface area contributed by atoms with E-state index in [1.807, 2.05) is 50.2 Å². The van der Waals surface area contributed by atoms with Crippen molar-refractivity contribution in [1.82, 2.24) is 24.1 Å². The van der Waals surface area contributed by atoms with Crippen LogP contribution in [0.1, 0.15) is 32.3 Å². The number of ether oxygens (including phenoxy) is 1. The summed E-state index contributed by atoms with van der Waals surface area (Å²) in [6.45, 7) is 5.40. The number of hydrogen-bond acceptors (Lipinski definition) is 6. The third-order valence-electron chi connectivity index (χ3n) is 5.40. The number of imidazole rings is 1. The maximum atomic E-state index is 12.9. The molecular weight excluding hydrogens is 420 g/mol. The molecule has 0 spiro atoms. The summed E-state index contributed by atoms with van der Waals surface area (Å²) >= 11 is 0. The predicted octanol–water partition coefficient (Wildman–Crippen LogP) is 3.39. The molecule has 0 fully saturated rings. The lowest BCUT2D eigenvalue weighted by Gasteiger charge is -2.09. The first kappa shape index (κ1) is 22.3. The van der Waals surface area contributed by atoms with Crippen molar-refractivity contribution in [2.75, 3.05) is 12.4 Å². The molecule has 4 rings (SSSR count). The normalized spacial score (nSPS) is 11.1. The minimum absolute atomic E-state index is 0.315. The van der Waals surface area contributed by atoms with Crippen LogP contribution in [-0.2, 0) is 19.6 Å². The average Bonchev–Trinajstić information content (AvgIpc) is 3.29. The molecule has 3 heterocycles. The molecule has 4 aromatic rings. The van der Waals surface area contributed by atoms with Crippen molar-refractivity contribution in [1.29, 1.82) is 0 Å². The van der Waals surface area contributed by atoms with E-state index in [0.717, 1.165) is 23.3 Å². The molecule has 0 aliphatic rings. The summed E-state index contributed by atoms with van der Waals surface area (Å²) in [6, 6.07) is 11.6. The molecule has 0 aliphatic carbocycles. The first-order chi connectivity index (χ1) is 16.0. The van der Waals surface area contributed by atoms with Gasteiger partial charge in [-0.05, 0) is 42.7 Å².